The third-order valence-corrected chi connectivity index (χ3v) is 3.69. The van der Waals surface area contributed by atoms with E-state index >= 15 is 0 Å². The first kappa shape index (κ1) is 13.2. The molecule has 2 heterocycles. The average molecular weight is 269 g/mol. The monoisotopic (exact) mass is 269 g/mol. The summed E-state index contributed by atoms with van der Waals surface area (Å²) in [7, 11) is 0. The van der Waals surface area contributed by atoms with Gasteiger partial charge in [0.2, 0.25) is 0 Å². The van der Waals surface area contributed by atoms with E-state index in [0.29, 0.717) is 5.92 Å². The van der Waals surface area contributed by atoms with Crippen molar-refractivity contribution in [2.75, 3.05) is 13.2 Å². The SMILES string of the molecule is c1ccc([C@H]2OCC[C@@H]2CNCc2cncnc2)cc1. The molecule has 4 heteroatoms. The molecular weight excluding hydrogens is 250 g/mol. The maximum absolute atomic E-state index is 5.89. The highest BCUT2D eigenvalue weighted by molar-refractivity contribution is 5.19. The van der Waals surface area contributed by atoms with Crippen molar-refractivity contribution in [2.24, 2.45) is 5.92 Å². The molecule has 1 saturated heterocycles. The van der Waals surface area contributed by atoms with Crippen LogP contribution >= 0.6 is 0 Å². The molecule has 104 valence electrons. The molecule has 1 aliphatic heterocycles. The van der Waals surface area contributed by atoms with Gasteiger partial charge in [0.1, 0.15) is 6.33 Å². The quantitative estimate of drug-likeness (QED) is 0.905. The zero-order valence-electron chi connectivity index (χ0n) is 11.4. The molecule has 3 rings (SSSR count). The summed E-state index contributed by atoms with van der Waals surface area (Å²) >= 11 is 0. The Balaban J connectivity index is 1.54. The maximum Gasteiger partial charge on any atom is 0.115 e. The number of ether oxygens (including phenoxy) is 1. The second-order valence-corrected chi connectivity index (χ2v) is 5.13. The van der Waals surface area contributed by atoms with E-state index in [-0.39, 0.29) is 6.10 Å². The third kappa shape index (κ3) is 3.21. The highest BCUT2D eigenvalue weighted by atomic mass is 16.5. The van der Waals surface area contributed by atoms with Crippen LogP contribution in [0.3, 0.4) is 0 Å². The van der Waals surface area contributed by atoms with Gasteiger partial charge in [0, 0.05) is 43.6 Å². The second-order valence-electron chi connectivity index (χ2n) is 5.13. The van der Waals surface area contributed by atoms with E-state index in [1.165, 1.54) is 5.56 Å². The van der Waals surface area contributed by atoms with E-state index < -0.39 is 0 Å². The minimum atomic E-state index is 0.218. The van der Waals surface area contributed by atoms with Crippen LogP contribution in [0.4, 0.5) is 0 Å². The molecule has 0 radical (unpaired) electrons. The van der Waals surface area contributed by atoms with Gasteiger partial charge in [-0.1, -0.05) is 30.3 Å². The van der Waals surface area contributed by atoms with Crippen molar-refractivity contribution in [3.8, 4) is 0 Å². The van der Waals surface area contributed by atoms with Crippen LogP contribution in [0.25, 0.3) is 0 Å². The zero-order valence-corrected chi connectivity index (χ0v) is 11.4. The smallest absolute Gasteiger partial charge is 0.115 e. The first-order valence-corrected chi connectivity index (χ1v) is 7.04. The molecule has 2 aromatic rings. The predicted octanol–water partition coefficient (Wildman–Crippen LogP) is 2.34. The molecule has 1 N–H and O–H groups in total. The summed E-state index contributed by atoms with van der Waals surface area (Å²) in [6.07, 6.45) is 6.58. The molecular formula is C16H19N3O. The van der Waals surface area contributed by atoms with E-state index in [2.05, 4.69) is 39.6 Å². The summed E-state index contributed by atoms with van der Waals surface area (Å²) in [6, 6.07) is 10.5. The minimum Gasteiger partial charge on any atom is -0.373 e. The fourth-order valence-electron chi connectivity index (χ4n) is 2.68. The normalized spacial score (nSPS) is 22.0. The Labute approximate surface area is 119 Å². The molecule has 0 saturated carbocycles. The highest BCUT2D eigenvalue weighted by Gasteiger charge is 2.28. The van der Waals surface area contributed by atoms with Crippen molar-refractivity contribution in [3.63, 3.8) is 0 Å². The van der Waals surface area contributed by atoms with Crippen molar-refractivity contribution < 1.29 is 4.74 Å². The molecule has 0 aliphatic carbocycles. The molecule has 0 spiro atoms. The predicted molar refractivity (Wildman–Crippen MR) is 77.0 cm³/mol. The second kappa shape index (κ2) is 6.59. The lowest BCUT2D eigenvalue weighted by atomic mass is 9.95. The Morgan fingerprint density at radius 3 is 2.75 bits per heavy atom. The molecule has 1 aliphatic rings. The fraction of sp³-hybridized carbons (Fsp3) is 0.375. The third-order valence-electron chi connectivity index (χ3n) is 3.69. The van der Waals surface area contributed by atoms with Crippen molar-refractivity contribution in [2.45, 2.75) is 19.1 Å². The first-order valence-electron chi connectivity index (χ1n) is 7.04. The lowest BCUT2D eigenvalue weighted by molar-refractivity contribution is 0.0904. The summed E-state index contributed by atoms with van der Waals surface area (Å²) < 4.78 is 5.89. The van der Waals surface area contributed by atoms with Crippen molar-refractivity contribution >= 4 is 0 Å². The topological polar surface area (TPSA) is 47.0 Å². The summed E-state index contributed by atoms with van der Waals surface area (Å²) in [4.78, 5) is 8.04. The van der Waals surface area contributed by atoms with E-state index in [9.17, 15) is 0 Å². The molecule has 1 aromatic heterocycles. The number of benzene rings is 1. The highest BCUT2D eigenvalue weighted by Crippen LogP contribution is 2.33. The molecule has 0 bridgehead atoms. The van der Waals surface area contributed by atoms with E-state index in [1.54, 1.807) is 6.33 Å². The number of hydrogen-bond donors (Lipinski definition) is 1. The van der Waals surface area contributed by atoms with Crippen LogP contribution in [-0.2, 0) is 11.3 Å². The summed E-state index contributed by atoms with van der Waals surface area (Å²) in [5.41, 5.74) is 2.39. The fourth-order valence-corrected chi connectivity index (χ4v) is 2.68. The number of nitrogens with zero attached hydrogens (tertiary/aromatic N) is 2. The maximum atomic E-state index is 5.89. The van der Waals surface area contributed by atoms with E-state index in [0.717, 1.165) is 31.7 Å². The Bertz CT molecular complexity index is 518. The van der Waals surface area contributed by atoms with Crippen LogP contribution in [0, 0.1) is 5.92 Å². The standard InChI is InChI=1S/C16H19N3O/c1-2-4-14(5-3-1)16-15(6-7-20-16)11-17-8-13-9-18-12-19-10-13/h1-5,9-10,12,15-17H,6-8,11H2/t15-,16-/m1/s1. The van der Waals surface area contributed by atoms with Gasteiger partial charge in [0.05, 0.1) is 6.10 Å². The lowest BCUT2D eigenvalue weighted by Crippen LogP contribution is -2.24. The Kier molecular flexibility index (Phi) is 4.35. The van der Waals surface area contributed by atoms with Gasteiger partial charge in [-0.05, 0) is 12.0 Å². The van der Waals surface area contributed by atoms with Crippen LogP contribution in [-0.4, -0.2) is 23.1 Å². The molecule has 2 atom stereocenters. The van der Waals surface area contributed by atoms with Crippen LogP contribution < -0.4 is 5.32 Å². The Hall–Kier alpha value is -1.78. The van der Waals surface area contributed by atoms with Crippen molar-refractivity contribution in [3.05, 3.63) is 60.2 Å². The van der Waals surface area contributed by atoms with E-state index in [1.807, 2.05) is 18.5 Å². The number of hydrogen-bond acceptors (Lipinski definition) is 4. The summed E-state index contributed by atoms with van der Waals surface area (Å²) in [6.45, 7) is 2.60. The van der Waals surface area contributed by atoms with Crippen LogP contribution in [0.1, 0.15) is 23.7 Å². The van der Waals surface area contributed by atoms with Crippen LogP contribution in [0.2, 0.25) is 0 Å². The van der Waals surface area contributed by atoms with Crippen LogP contribution in [0.5, 0.6) is 0 Å². The Morgan fingerprint density at radius 1 is 1.15 bits per heavy atom. The van der Waals surface area contributed by atoms with Gasteiger partial charge in [-0.25, -0.2) is 9.97 Å². The molecule has 0 unspecified atom stereocenters. The summed E-state index contributed by atoms with van der Waals surface area (Å²) in [5, 5.41) is 3.48. The number of aromatic nitrogens is 2. The Morgan fingerprint density at radius 2 is 1.95 bits per heavy atom. The largest absolute Gasteiger partial charge is 0.373 e. The van der Waals surface area contributed by atoms with Gasteiger partial charge in [-0.2, -0.15) is 0 Å². The molecule has 1 aromatic carbocycles. The van der Waals surface area contributed by atoms with Gasteiger partial charge >= 0.3 is 0 Å². The van der Waals surface area contributed by atoms with Gasteiger partial charge in [-0.15, -0.1) is 0 Å². The molecule has 20 heavy (non-hydrogen) atoms. The number of rotatable bonds is 5. The molecule has 0 amide bonds. The number of nitrogens with one attached hydrogen (secondary N) is 1. The van der Waals surface area contributed by atoms with Crippen molar-refractivity contribution in [1.82, 2.24) is 15.3 Å². The molecule has 1 fully saturated rings. The molecule has 4 nitrogen and oxygen atoms in total. The van der Waals surface area contributed by atoms with Crippen LogP contribution in [0.15, 0.2) is 49.1 Å². The van der Waals surface area contributed by atoms with Gasteiger partial charge in [0.15, 0.2) is 0 Å². The van der Waals surface area contributed by atoms with Gasteiger partial charge in [-0.3, -0.25) is 0 Å². The minimum absolute atomic E-state index is 0.218. The van der Waals surface area contributed by atoms with Gasteiger partial charge < -0.3 is 10.1 Å². The van der Waals surface area contributed by atoms with Crippen molar-refractivity contribution in [1.29, 1.82) is 0 Å². The average Bonchev–Trinajstić information content (AvgIpc) is 2.98. The zero-order chi connectivity index (χ0) is 13.6. The summed E-state index contributed by atoms with van der Waals surface area (Å²) in [5.74, 6) is 0.530. The van der Waals surface area contributed by atoms with E-state index in [4.69, 9.17) is 4.74 Å². The first-order chi connectivity index (χ1) is 9.93. The van der Waals surface area contributed by atoms with Gasteiger partial charge in [0.25, 0.3) is 0 Å². The lowest BCUT2D eigenvalue weighted by Gasteiger charge is -2.19.